The van der Waals surface area contributed by atoms with Gasteiger partial charge < -0.3 is 14.7 Å². The third-order valence-corrected chi connectivity index (χ3v) is 7.87. The standard InChI is InChI=1S/C25H32N6O3S/c1-5-35(4,33)29-20-8-10-30(11-9-20)23-7-6-18(14-27-23)22-12-21(34-17-25(2,3)32)16-31-24(22)19(13-26)15-28-31/h6-7,12,14-16,20,32H,5,8-11,17H2,1-4H3. The minimum atomic E-state index is -2.09. The van der Waals surface area contributed by atoms with Crippen LogP contribution in [0.15, 0.2) is 41.2 Å². The molecule has 0 spiro atoms. The second-order valence-corrected chi connectivity index (χ2v) is 12.3. The molecule has 1 N–H and O–H groups in total. The van der Waals surface area contributed by atoms with Gasteiger partial charge >= 0.3 is 0 Å². The van der Waals surface area contributed by atoms with E-state index in [0.717, 1.165) is 42.9 Å². The molecular formula is C25H32N6O3S. The Morgan fingerprint density at radius 1 is 1.31 bits per heavy atom. The van der Waals surface area contributed by atoms with Crippen LogP contribution < -0.4 is 9.64 Å². The number of aromatic nitrogens is 3. The number of pyridine rings is 2. The molecule has 1 atom stereocenters. The molecule has 3 aromatic heterocycles. The van der Waals surface area contributed by atoms with Gasteiger partial charge in [0, 0.05) is 52.2 Å². The minimum absolute atomic E-state index is 0.120. The van der Waals surface area contributed by atoms with Gasteiger partial charge in [-0.15, -0.1) is 0 Å². The zero-order valence-electron chi connectivity index (χ0n) is 20.6. The van der Waals surface area contributed by atoms with E-state index in [1.54, 1.807) is 37.0 Å². The van der Waals surface area contributed by atoms with E-state index >= 15 is 0 Å². The van der Waals surface area contributed by atoms with Crippen LogP contribution in [0.3, 0.4) is 0 Å². The Kier molecular flexibility index (Phi) is 7.01. The maximum Gasteiger partial charge on any atom is 0.138 e. The molecule has 0 aromatic carbocycles. The summed E-state index contributed by atoms with van der Waals surface area (Å²) < 4.78 is 24.3. The molecule has 9 nitrogen and oxygen atoms in total. The van der Waals surface area contributed by atoms with Crippen molar-refractivity contribution in [2.24, 2.45) is 4.36 Å². The summed E-state index contributed by atoms with van der Waals surface area (Å²) in [7, 11) is -2.09. The Balaban J connectivity index is 1.58. The van der Waals surface area contributed by atoms with Crippen LogP contribution in [0.5, 0.6) is 5.75 Å². The number of anilines is 1. The summed E-state index contributed by atoms with van der Waals surface area (Å²) >= 11 is 0. The van der Waals surface area contributed by atoms with Gasteiger partial charge in [-0.1, -0.05) is 6.92 Å². The largest absolute Gasteiger partial charge is 0.489 e. The van der Waals surface area contributed by atoms with Crippen LogP contribution >= 0.6 is 0 Å². The molecule has 3 aromatic rings. The Morgan fingerprint density at radius 3 is 2.66 bits per heavy atom. The lowest BCUT2D eigenvalue weighted by Gasteiger charge is -2.31. The van der Waals surface area contributed by atoms with E-state index in [1.165, 1.54) is 6.20 Å². The monoisotopic (exact) mass is 496 g/mol. The van der Waals surface area contributed by atoms with Crippen molar-refractivity contribution < 1.29 is 14.1 Å². The first-order valence-electron chi connectivity index (χ1n) is 11.8. The second kappa shape index (κ2) is 9.84. The maximum absolute atomic E-state index is 12.3. The topological polar surface area (TPSA) is 116 Å². The van der Waals surface area contributed by atoms with Crippen molar-refractivity contribution in [3.05, 3.63) is 42.4 Å². The fourth-order valence-electron chi connectivity index (χ4n) is 4.06. The lowest BCUT2D eigenvalue weighted by Crippen LogP contribution is -2.36. The highest BCUT2D eigenvalue weighted by atomic mass is 32.2. The minimum Gasteiger partial charge on any atom is -0.489 e. The summed E-state index contributed by atoms with van der Waals surface area (Å²) in [6.45, 7) is 7.01. The Hall–Kier alpha value is -3.16. The molecule has 1 unspecified atom stereocenters. The maximum atomic E-state index is 12.3. The molecule has 10 heteroatoms. The van der Waals surface area contributed by atoms with Gasteiger partial charge in [-0.25, -0.2) is 13.9 Å². The third kappa shape index (κ3) is 5.92. The normalized spacial score (nSPS) is 16.6. The molecule has 186 valence electrons. The summed E-state index contributed by atoms with van der Waals surface area (Å²) in [5, 5.41) is 23.9. The van der Waals surface area contributed by atoms with Gasteiger partial charge in [0.15, 0.2) is 0 Å². The van der Waals surface area contributed by atoms with Crippen LogP contribution in [0.1, 0.15) is 39.2 Å². The molecule has 1 fully saturated rings. The average Bonchev–Trinajstić information content (AvgIpc) is 3.25. The van der Waals surface area contributed by atoms with E-state index in [2.05, 4.69) is 20.4 Å². The van der Waals surface area contributed by atoms with Crippen molar-refractivity contribution in [3.8, 4) is 22.9 Å². The Morgan fingerprint density at radius 2 is 2.06 bits per heavy atom. The third-order valence-electron chi connectivity index (χ3n) is 6.05. The number of nitrogens with zero attached hydrogens (tertiary/aromatic N) is 6. The van der Waals surface area contributed by atoms with Crippen LogP contribution in [0.25, 0.3) is 16.6 Å². The van der Waals surface area contributed by atoms with E-state index in [0.29, 0.717) is 22.6 Å². The molecule has 0 saturated carbocycles. The molecule has 0 bridgehead atoms. The van der Waals surface area contributed by atoms with Crippen LogP contribution in [-0.4, -0.2) is 67.3 Å². The Labute approximate surface area is 206 Å². The van der Waals surface area contributed by atoms with Crippen molar-refractivity contribution in [2.45, 2.75) is 45.3 Å². The van der Waals surface area contributed by atoms with E-state index in [-0.39, 0.29) is 12.6 Å². The molecule has 4 heterocycles. The SMILES string of the molecule is CCS(C)(=O)=NC1CCN(c2ccc(-c3cc(OCC(C)(C)O)cn4ncc(C#N)c34)cn2)CC1. The second-order valence-electron chi connectivity index (χ2n) is 9.63. The Bertz CT molecular complexity index is 1350. The first-order chi connectivity index (χ1) is 16.6. The molecule has 0 aliphatic carbocycles. The van der Waals surface area contributed by atoms with Crippen molar-refractivity contribution in [1.82, 2.24) is 14.6 Å². The highest BCUT2D eigenvalue weighted by Crippen LogP contribution is 2.32. The summed E-state index contributed by atoms with van der Waals surface area (Å²) in [6, 6.07) is 8.15. The fraction of sp³-hybridized carbons (Fsp3) is 0.480. The number of piperidine rings is 1. The number of hydrogen-bond donors (Lipinski definition) is 1. The van der Waals surface area contributed by atoms with Crippen LogP contribution in [-0.2, 0) is 9.73 Å². The van der Waals surface area contributed by atoms with E-state index < -0.39 is 15.3 Å². The first-order valence-corrected chi connectivity index (χ1v) is 13.8. The summed E-state index contributed by atoms with van der Waals surface area (Å²) in [4.78, 5) is 6.92. The van der Waals surface area contributed by atoms with Crippen molar-refractivity contribution in [1.29, 1.82) is 5.26 Å². The number of aliphatic hydroxyl groups is 1. The molecule has 0 amide bonds. The van der Waals surface area contributed by atoms with Gasteiger partial charge in [0.1, 0.15) is 24.2 Å². The molecule has 4 rings (SSSR count). The number of hydrogen-bond acceptors (Lipinski definition) is 8. The summed E-state index contributed by atoms with van der Waals surface area (Å²) in [6.07, 6.45) is 8.48. The van der Waals surface area contributed by atoms with Crippen LogP contribution in [0.2, 0.25) is 0 Å². The zero-order chi connectivity index (χ0) is 25.2. The summed E-state index contributed by atoms with van der Waals surface area (Å²) in [5.74, 6) is 1.99. The molecule has 1 saturated heterocycles. The number of fused-ring (bicyclic) bond motifs is 1. The van der Waals surface area contributed by atoms with Crippen LogP contribution in [0.4, 0.5) is 5.82 Å². The smallest absolute Gasteiger partial charge is 0.138 e. The molecular weight excluding hydrogens is 464 g/mol. The van der Waals surface area contributed by atoms with Crippen molar-refractivity contribution >= 4 is 21.1 Å². The van der Waals surface area contributed by atoms with Gasteiger partial charge in [-0.2, -0.15) is 10.4 Å². The quantitative estimate of drug-likeness (QED) is 0.532. The van der Waals surface area contributed by atoms with Crippen LogP contribution in [0, 0.1) is 11.3 Å². The first kappa shape index (κ1) is 24.9. The predicted molar refractivity (Wildman–Crippen MR) is 137 cm³/mol. The lowest BCUT2D eigenvalue weighted by atomic mass is 10.0. The van der Waals surface area contributed by atoms with E-state index in [1.807, 2.05) is 25.1 Å². The molecule has 1 aliphatic heterocycles. The lowest BCUT2D eigenvalue weighted by molar-refractivity contribution is 0.0283. The van der Waals surface area contributed by atoms with Crippen molar-refractivity contribution in [2.75, 3.05) is 36.6 Å². The van der Waals surface area contributed by atoms with Gasteiger partial charge in [-0.05, 0) is 44.9 Å². The van der Waals surface area contributed by atoms with Gasteiger partial charge in [0.25, 0.3) is 0 Å². The fourth-order valence-corrected chi connectivity index (χ4v) is 5.05. The predicted octanol–water partition coefficient (Wildman–Crippen LogP) is 3.50. The van der Waals surface area contributed by atoms with Gasteiger partial charge in [0.05, 0.1) is 35.1 Å². The zero-order valence-corrected chi connectivity index (χ0v) is 21.5. The highest BCUT2D eigenvalue weighted by Gasteiger charge is 2.21. The van der Waals surface area contributed by atoms with E-state index in [9.17, 15) is 14.6 Å². The molecule has 1 aliphatic rings. The average molecular weight is 497 g/mol. The summed E-state index contributed by atoms with van der Waals surface area (Å²) in [5.41, 5.74) is 1.78. The highest BCUT2D eigenvalue weighted by molar-refractivity contribution is 7.92. The molecule has 0 radical (unpaired) electrons. The van der Waals surface area contributed by atoms with Gasteiger partial charge in [-0.3, -0.25) is 4.21 Å². The number of nitriles is 1. The van der Waals surface area contributed by atoms with Crippen molar-refractivity contribution in [3.63, 3.8) is 0 Å². The number of rotatable bonds is 7. The van der Waals surface area contributed by atoms with E-state index in [4.69, 9.17) is 9.72 Å². The molecule has 35 heavy (non-hydrogen) atoms. The number of ether oxygens (including phenoxy) is 1. The van der Waals surface area contributed by atoms with Gasteiger partial charge in [0.2, 0.25) is 0 Å².